The molecule has 0 aliphatic carbocycles. The summed E-state index contributed by atoms with van der Waals surface area (Å²) in [7, 11) is 0. The molecule has 2 fully saturated rings. The largest absolute Gasteiger partial charge is 0.480 e. The van der Waals surface area contributed by atoms with E-state index in [0.29, 0.717) is 5.92 Å². The lowest BCUT2D eigenvalue weighted by atomic mass is 9.69. The Kier molecular flexibility index (Phi) is 7.63. The average Bonchev–Trinajstić information content (AvgIpc) is 3.12. The topological polar surface area (TPSA) is 78.6 Å². The molecule has 5 nitrogen and oxygen atoms in total. The van der Waals surface area contributed by atoms with Gasteiger partial charge in [0.15, 0.2) is 0 Å². The highest BCUT2D eigenvalue weighted by Gasteiger charge is 2.48. The summed E-state index contributed by atoms with van der Waals surface area (Å²) in [4.78, 5) is 14.5. The Bertz CT molecular complexity index is 995. The van der Waals surface area contributed by atoms with Crippen LogP contribution in [0, 0.1) is 17.2 Å². The van der Waals surface area contributed by atoms with Crippen LogP contribution in [-0.4, -0.2) is 47.2 Å². The molecule has 0 amide bonds. The number of likely N-dealkylation sites (tertiary alicyclic amines) is 1. The highest BCUT2D eigenvalue weighted by Crippen LogP contribution is 2.43. The molecule has 2 aliphatic rings. The molecule has 7 heteroatoms. The van der Waals surface area contributed by atoms with Gasteiger partial charge in [0.05, 0.1) is 5.02 Å². The number of piperidine rings is 1. The Morgan fingerprint density at radius 3 is 2.50 bits per heavy atom. The van der Waals surface area contributed by atoms with Crippen LogP contribution in [0.15, 0.2) is 48.5 Å². The summed E-state index contributed by atoms with van der Waals surface area (Å²) in [6.07, 6.45) is 2.92. The van der Waals surface area contributed by atoms with Crippen molar-refractivity contribution < 1.29 is 14.3 Å². The first-order valence-electron chi connectivity index (χ1n) is 12.1. The minimum absolute atomic E-state index is 0.0140. The van der Waals surface area contributed by atoms with Gasteiger partial charge in [0.1, 0.15) is 11.9 Å². The predicted molar refractivity (Wildman–Crippen MR) is 133 cm³/mol. The number of hydrogen-bond acceptors (Lipinski definition) is 4. The van der Waals surface area contributed by atoms with E-state index in [1.807, 2.05) is 6.07 Å². The molecular formula is C27H35ClFN3O2. The van der Waals surface area contributed by atoms with Crippen molar-refractivity contribution in [2.24, 2.45) is 17.1 Å². The number of nitrogens with two attached hydrogens (primary N) is 1. The molecule has 2 heterocycles. The maximum absolute atomic E-state index is 14.8. The van der Waals surface area contributed by atoms with Gasteiger partial charge in [-0.15, -0.1) is 0 Å². The van der Waals surface area contributed by atoms with Crippen molar-refractivity contribution >= 4 is 17.6 Å². The number of aliphatic carboxylic acids is 1. The first-order chi connectivity index (χ1) is 16.2. The monoisotopic (exact) mass is 487 g/mol. The van der Waals surface area contributed by atoms with Crippen molar-refractivity contribution in [2.75, 3.05) is 13.1 Å². The van der Waals surface area contributed by atoms with Gasteiger partial charge in [-0.3, -0.25) is 15.0 Å². The molecule has 4 rings (SSSR count). The molecule has 4 atom stereocenters. The van der Waals surface area contributed by atoms with E-state index in [9.17, 15) is 14.3 Å². The number of halogens is 2. The van der Waals surface area contributed by atoms with Crippen molar-refractivity contribution in [3.63, 3.8) is 0 Å². The normalized spacial score (nSPS) is 26.6. The fourth-order valence-corrected chi connectivity index (χ4v) is 6.13. The summed E-state index contributed by atoms with van der Waals surface area (Å²) in [6.45, 7) is 7.56. The van der Waals surface area contributed by atoms with Crippen molar-refractivity contribution in [3.05, 3.63) is 70.5 Å². The third-order valence-electron chi connectivity index (χ3n) is 7.93. The van der Waals surface area contributed by atoms with Gasteiger partial charge >= 0.3 is 5.97 Å². The fourth-order valence-electron chi connectivity index (χ4n) is 5.95. The number of carboxylic acids is 1. The first-order valence-corrected chi connectivity index (χ1v) is 12.5. The summed E-state index contributed by atoms with van der Waals surface area (Å²) < 4.78 is 14.8. The molecule has 2 aromatic rings. The van der Waals surface area contributed by atoms with Gasteiger partial charge in [0.2, 0.25) is 0 Å². The summed E-state index contributed by atoms with van der Waals surface area (Å²) >= 11 is 5.99. The van der Waals surface area contributed by atoms with Gasteiger partial charge in [-0.2, -0.15) is 0 Å². The van der Waals surface area contributed by atoms with E-state index in [1.165, 1.54) is 11.6 Å². The van der Waals surface area contributed by atoms with E-state index < -0.39 is 29.8 Å². The van der Waals surface area contributed by atoms with Crippen LogP contribution < -0.4 is 11.1 Å². The van der Waals surface area contributed by atoms with Gasteiger partial charge in [-0.25, -0.2) is 4.39 Å². The summed E-state index contributed by atoms with van der Waals surface area (Å²) in [5, 5.41) is 13.1. The van der Waals surface area contributed by atoms with E-state index >= 15 is 0 Å². The zero-order valence-corrected chi connectivity index (χ0v) is 20.6. The molecule has 0 bridgehead atoms. The number of nitrogens with zero attached hydrogens (tertiary/aromatic N) is 1. The maximum Gasteiger partial charge on any atom is 0.321 e. The molecule has 184 valence electrons. The lowest BCUT2D eigenvalue weighted by Crippen LogP contribution is -2.45. The number of hydrogen-bond donors (Lipinski definition) is 3. The summed E-state index contributed by atoms with van der Waals surface area (Å²) in [6, 6.07) is 13.6. The van der Waals surface area contributed by atoms with Crippen LogP contribution in [0.2, 0.25) is 5.02 Å². The minimum atomic E-state index is -1.02. The summed E-state index contributed by atoms with van der Waals surface area (Å²) in [5.74, 6) is -1.76. The molecule has 4 N–H and O–H groups in total. The van der Waals surface area contributed by atoms with E-state index in [1.54, 1.807) is 12.1 Å². The number of carbonyl (C=O) groups is 1. The van der Waals surface area contributed by atoms with Gasteiger partial charge in [0.25, 0.3) is 0 Å². The van der Waals surface area contributed by atoms with Crippen LogP contribution in [0.4, 0.5) is 4.39 Å². The Morgan fingerprint density at radius 2 is 1.85 bits per heavy atom. The van der Waals surface area contributed by atoms with Crippen molar-refractivity contribution in [1.82, 2.24) is 10.2 Å². The lowest BCUT2D eigenvalue weighted by Gasteiger charge is -2.42. The minimum Gasteiger partial charge on any atom is -0.480 e. The molecule has 2 saturated heterocycles. The van der Waals surface area contributed by atoms with Gasteiger partial charge in [-0.05, 0) is 60.9 Å². The van der Waals surface area contributed by atoms with Gasteiger partial charge < -0.3 is 10.8 Å². The smallest absolute Gasteiger partial charge is 0.321 e. The van der Waals surface area contributed by atoms with E-state index in [-0.39, 0.29) is 22.0 Å². The quantitative estimate of drug-likeness (QED) is 0.530. The van der Waals surface area contributed by atoms with Crippen molar-refractivity contribution in [1.29, 1.82) is 0 Å². The second-order valence-electron chi connectivity index (χ2n) is 10.6. The third-order valence-corrected chi connectivity index (χ3v) is 8.22. The molecule has 0 spiro atoms. The highest BCUT2D eigenvalue weighted by atomic mass is 35.5. The zero-order valence-electron chi connectivity index (χ0n) is 19.9. The third kappa shape index (κ3) is 5.30. The van der Waals surface area contributed by atoms with Crippen LogP contribution in [0.3, 0.4) is 0 Å². The fraction of sp³-hybridized carbons (Fsp3) is 0.519. The Hall–Kier alpha value is -1.99. The zero-order chi connectivity index (χ0) is 24.5. The van der Waals surface area contributed by atoms with Crippen molar-refractivity contribution in [3.8, 4) is 0 Å². The molecule has 2 aliphatic heterocycles. The number of benzene rings is 2. The summed E-state index contributed by atoms with van der Waals surface area (Å²) in [5.41, 5.74) is 8.18. The molecule has 0 saturated carbocycles. The predicted octanol–water partition coefficient (Wildman–Crippen LogP) is 4.64. The first kappa shape index (κ1) is 25.1. The molecule has 0 aromatic heterocycles. The van der Waals surface area contributed by atoms with Crippen LogP contribution in [0.1, 0.15) is 50.2 Å². The number of rotatable bonds is 7. The van der Waals surface area contributed by atoms with Gasteiger partial charge in [0, 0.05) is 24.5 Å². The number of nitrogens with one attached hydrogen (secondary N) is 1. The maximum atomic E-state index is 14.8. The van der Waals surface area contributed by atoms with Crippen LogP contribution in [0.25, 0.3) is 0 Å². The van der Waals surface area contributed by atoms with Crippen LogP contribution >= 0.6 is 11.6 Å². The lowest BCUT2D eigenvalue weighted by molar-refractivity contribution is -0.139. The SMILES string of the molecule is CC(C)(C[C@@H]1N[C@@H](C(=O)O)[C@H](c2cccc(Cl)c2F)C1N)C1CCN(Cc2ccccc2)CC1. The standard InChI is InChI=1S/C27H35ClFN3O2/c1-27(2,18-11-13-32(14-12-18)16-17-7-4-3-5-8-17)15-21-24(30)22(25(31-21)26(33)34)19-9-6-10-20(28)23(19)29/h3-10,18,21-22,24-25,31H,11-16,30H2,1-2H3,(H,33,34)/t21-,22+,24?,25+/m0/s1. The Balaban J connectivity index is 1.42. The van der Waals surface area contributed by atoms with E-state index in [0.717, 1.165) is 38.9 Å². The van der Waals surface area contributed by atoms with E-state index in [2.05, 4.69) is 48.3 Å². The molecule has 2 aromatic carbocycles. The second-order valence-corrected chi connectivity index (χ2v) is 11.0. The second kappa shape index (κ2) is 10.3. The highest BCUT2D eigenvalue weighted by molar-refractivity contribution is 6.30. The van der Waals surface area contributed by atoms with Crippen LogP contribution in [0.5, 0.6) is 0 Å². The van der Waals surface area contributed by atoms with Crippen LogP contribution in [-0.2, 0) is 11.3 Å². The molecule has 1 unspecified atom stereocenters. The van der Waals surface area contributed by atoms with Gasteiger partial charge in [-0.1, -0.05) is 67.9 Å². The molecule has 34 heavy (non-hydrogen) atoms. The Morgan fingerprint density at radius 1 is 1.18 bits per heavy atom. The number of carboxylic acid groups (broad SMARTS) is 1. The van der Waals surface area contributed by atoms with E-state index in [4.69, 9.17) is 17.3 Å². The average molecular weight is 488 g/mol. The Labute approximate surface area is 206 Å². The molecule has 0 radical (unpaired) electrons. The van der Waals surface area contributed by atoms with Crippen molar-refractivity contribution in [2.45, 2.75) is 63.7 Å². The molecular weight excluding hydrogens is 453 g/mol.